The Morgan fingerprint density at radius 2 is 1.86 bits per heavy atom. The smallest absolute Gasteiger partial charge is 0.0379 e. The van der Waals surface area contributed by atoms with Gasteiger partial charge in [-0.05, 0) is 55.9 Å². The second-order valence-electron chi connectivity index (χ2n) is 8.66. The molecule has 0 heterocycles. The fraction of sp³-hybridized carbons (Fsp3) is 0.714. The maximum absolute atomic E-state index is 4.56. The molecule has 0 aromatic rings. The first-order valence-corrected chi connectivity index (χ1v) is 9.00. The van der Waals surface area contributed by atoms with Gasteiger partial charge in [0.15, 0.2) is 0 Å². The zero-order chi connectivity index (χ0) is 16.5. The van der Waals surface area contributed by atoms with E-state index in [0.717, 1.165) is 12.3 Å². The summed E-state index contributed by atoms with van der Waals surface area (Å²) in [5, 5.41) is 3.92. The molecule has 0 radical (unpaired) electrons. The summed E-state index contributed by atoms with van der Waals surface area (Å²) in [5.41, 5.74) is 3.03. The van der Waals surface area contributed by atoms with Crippen molar-refractivity contribution < 1.29 is 0 Å². The predicted octanol–water partition coefficient (Wildman–Crippen LogP) is 5.65. The van der Waals surface area contributed by atoms with Crippen LogP contribution in [0, 0.1) is 17.3 Å². The summed E-state index contributed by atoms with van der Waals surface area (Å²) in [6, 6.07) is 0.362. The first kappa shape index (κ1) is 17.5. The van der Waals surface area contributed by atoms with Crippen LogP contribution in [0.15, 0.2) is 36.0 Å². The Morgan fingerprint density at radius 1 is 1.23 bits per heavy atom. The van der Waals surface area contributed by atoms with Gasteiger partial charge >= 0.3 is 0 Å². The second-order valence-corrected chi connectivity index (χ2v) is 8.66. The summed E-state index contributed by atoms with van der Waals surface area (Å²) >= 11 is 0. The number of allylic oxidation sites excluding steroid dienone is 2. The molecular formula is C21H35N. The first-order valence-electron chi connectivity index (χ1n) is 9.00. The molecule has 0 saturated heterocycles. The molecule has 1 unspecified atom stereocenters. The maximum atomic E-state index is 4.56. The fourth-order valence-electron chi connectivity index (χ4n) is 3.84. The van der Waals surface area contributed by atoms with Gasteiger partial charge < -0.3 is 5.32 Å². The zero-order valence-electron chi connectivity index (χ0n) is 15.5. The van der Waals surface area contributed by atoms with Gasteiger partial charge in [-0.2, -0.15) is 0 Å². The van der Waals surface area contributed by atoms with Crippen molar-refractivity contribution in [3.63, 3.8) is 0 Å². The van der Waals surface area contributed by atoms with E-state index in [4.69, 9.17) is 0 Å². The Labute approximate surface area is 138 Å². The van der Waals surface area contributed by atoms with E-state index in [2.05, 4.69) is 71.7 Å². The molecule has 1 fully saturated rings. The molecule has 0 bridgehead atoms. The molecule has 1 N–H and O–H groups in total. The normalized spacial score (nSPS) is 21.0. The lowest BCUT2D eigenvalue weighted by molar-refractivity contribution is 0.140. The first-order chi connectivity index (χ1) is 10.2. The number of hydrogen-bond acceptors (Lipinski definition) is 1. The minimum atomic E-state index is 0.000566. The van der Waals surface area contributed by atoms with Crippen LogP contribution >= 0.6 is 0 Å². The van der Waals surface area contributed by atoms with Crippen LogP contribution in [-0.2, 0) is 0 Å². The quantitative estimate of drug-likeness (QED) is 0.599. The van der Waals surface area contributed by atoms with Gasteiger partial charge in [0.2, 0.25) is 0 Å². The fourth-order valence-corrected chi connectivity index (χ4v) is 3.84. The molecule has 0 amide bonds. The Kier molecular flexibility index (Phi) is 5.06. The van der Waals surface area contributed by atoms with Crippen molar-refractivity contribution in [1.29, 1.82) is 0 Å². The van der Waals surface area contributed by atoms with Crippen molar-refractivity contribution in [1.82, 2.24) is 5.32 Å². The number of hydrogen-bond donors (Lipinski definition) is 1. The highest BCUT2D eigenvalue weighted by Gasteiger charge is 2.40. The molecule has 1 atom stereocenters. The largest absolute Gasteiger partial charge is 0.301 e. The summed E-state index contributed by atoms with van der Waals surface area (Å²) in [5.74, 6) is 1.37. The molecule has 124 valence electrons. The lowest BCUT2D eigenvalue weighted by atomic mass is 9.62. The monoisotopic (exact) mass is 301 g/mol. The van der Waals surface area contributed by atoms with Crippen LogP contribution in [0.1, 0.15) is 67.2 Å². The summed E-state index contributed by atoms with van der Waals surface area (Å²) in [6.07, 6.45) is 12.1. The van der Waals surface area contributed by atoms with Crippen molar-refractivity contribution in [2.75, 3.05) is 0 Å². The number of nitrogens with one attached hydrogen (secondary N) is 1. The third-order valence-corrected chi connectivity index (χ3v) is 6.00. The van der Waals surface area contributed by atoms with Gasteiger partial charge in [-0.25, -0.2) is 0 Å². The molecule has 2 aliphatic rings. The Hall–Kier alpha value is -0.820. The van der Waals surface area contributed by atoms with E-state index in [1.54, 1.807) is 0 Å². The van der Waals surface area contributed by atoms with Crippen molar-refractivity contribution in [2.45, 2.75) is 78.8 Å². The highest BCUT2D eigenvalue weighted by atomic mass is 15.0. The van der Waals surface area contributed by atoms with Gasteiger partial charge in [-0.15, -0.1) is 0 Å². The lowest BCUT2D eigenvalue weighted by Gasteiger charge is -2.47. The van der Waals surface area contributed by atoms with E-state index in [0.29, 0.717) is 12.0 Å². The third kappa shape index (κ3) is 3.40. The van der Waals surface area contributed by atoms with Crippen molar-refractivity contribution in [3.8, 4) is 0 Å². The van der Waals surface area contributed by atoms with Crippen LogP contribution < -0.4 is 5.32 Å². The minimum Gasteiger partial charge on any atom is -0.301 e. The standard InChI is InChI=1S/C21H35N/c1-15(2)19(16(3)20(4,5)17-13-10-14-17)22-21(6,7)18-11-8-9-12-18/h8,11-12,15,17,19,22H,3,9-10,13-14H2,1-2,4-7H3. The maximum Gasteiger partial charge on any atom is 0.0379 e. The average molecular weight is 302 g/mol. The molecule has 1 heteroatoms. The zero-order valence-corrected chi connectivity index (χ0v) is 15.5. The van der Waals surface area contributed by atoms with E-state index in [9.17, 15) is 0 Å². The summed E-state index contributed by atoms with van der Waals surface area (Å²) in [6.45, 7) is 18.6. The van der Waals surface area contributed by atoms with Gasteiger partial charge in [0.05, 0.1) is 0 Å². The van der Waals surface area contributed by atoms with Crippen LogP contribution in [0.2, 0.25) is 0 Å². The molecule has 1 saturated carbocycles. The molecule has 0 spiro atoms. The van der Waals surface area contributed by atoms with Crippen LogP contribution in [0.3, 0.4) is 0 Å². The highest BCUT2D eigenvalue weighted by molar-refractivity contribution is 5.35. The molecule has 0 aromatic heterocycles. The average Bonchev–Trinajstić information content (AvgIpc) is 2.86. The third-order valence-electron chi connectivity index (χ3n) is 6.00. The van der Waals surface area contributed by atoms with E-state index < -0.39 is 0 Å². The predicted molar refractivity (Wildman–Crippen MR) is 97.9 cm³/mol. The topological polar surface area (TPSA) is 12.0 Å². The van der Waals surface area contributed by atoms with Crippen LogP contribution in [0.4, 0.5) is 0 Å². The SMILES string of the molecule is C=C(C(NC(C)(C)C1=CCC=C1)C(C)C)C(C)(C)C1CCC1. The Bertz CT molecular complexity index is 472. The van der Waals surface area contributed by atoms with E-state index in [-0.39, 0.29) is 11.0 Å². The van der Waals surface area contributed by atoms with Gasteiger partial charge in [0.1, 0.15) is 0 Å². The molecule has 2 aliphatic carbocycles. The van der Waals surface area contributed by atoms with Crippen molar-refractivity contribution in [2.24, 2.45) is 17.3 Å². The minimum absolute atomic E-state index is 0.000566. The van der Waals surface area contributed by atoms with Gasteiger partial charge in [0.25, 0.3) is 0 Å². The van der Waals surface area contributed by atoms with Crippen molar-refractivity contribution >= 4 is 0 Å². The summed E-state index contributed by atoms with van der Waals surface area (Å²) < 4.78 is 0. The molecule has 1 nitrogen and oxygen atoms in total. The van der Waals surface area contributed by atoms with Crippen molar-refractivity contribution in [3.05, 3.63) is 36.0 Å². The van der Waals surface area contributed by atoms with E-state index in [1.165, 1.54) is 30.4 Å². The molecular weight excluding hydrogens is 266 g/mol. The summed E-state index contributed by atoms with van der Waals surface area (Å²) in [7, 11) is 0. The van der Waals surface area contributed by atoms with Crippen LogP contribution in [0.5, 0.6) is 0 Å². The number of rotatable bonds is 7. The van der Waals surface area contributed by atoms with Gasteiger partial charge in [0, 0.05) is 11.6 Å². The van der Waals surface area contributed by atoms with Gasteiger partial charge in [-0.1, -0.05) is 64.5 Å². The molecule has 2 rings (SSSR count). The Balaban J connectivity index is 2.15. The van der Waals surface area contributed by atoms with Crippen LogP contribution in [-0.4, -0.2) is 11.6 Å². The molecule has 0 aromatic carbocycles. The highest BCUT2D eigenvalue weighted by Crippen LogP contribution is 2.47. The van der Waals surface area contributed by atoms with Gasteiger partial charge in [-0.3, -0.25) is 0 Å². The molecule has 22 heavy (non-hydrogen) atoms. The van der Waals surface area contributed by atoms with Crippen LogP contribution in [0.25, 0.3) is 0 Å². The summed E-state index contributed by atoms with van der Waals surface area (Å²) in [4.78, 5) is 0. The van der Waals surface area contributed by atoms with E-state index >= 15 is 0 Å². The Morgan fingerprint density at radius 3 is 2.27 bits per heavy atom. The molecule has 0 aliphatic heterocycles. The second kappa shape index (κ2) is 6.35. The lowest BCUT2D eigenvalue weighted by Crippen LogP contribution is -2.52. The van der Waals surface area contributed by atoms with E-state index in [1.807, 2.05) is 0 Å².